The van der Waals surface area contributed by atoms with Gasteiger partial charge in [0.05, 0.1) is 12.6 Å². The van der Waals surface area contributed by atoms with Crippen LogP contribution in [0.2, 0.25) is 0 Å². The van der Waals surface area contributed by atoms with Crippen molar-refractivity contribution in [2.24, 2.45) is 0 Å². The summed E-state index contributed by atoms with van der Waals surface area (Å²) in [6.07, 6.45) is 2.53. The van der Waals surface area contributed by atoms with E-state index in [0.717, 1.165) is 35.4 Å². The van der Waals surface area contributed by atoms with Gasteiger partial charge in [0.1, 0.15) is 17.9 Å². The predicted molar refractivity (Wildman–Crippen MR) is 84.7 cm³/mol. The molecule has 0 bridgehead atoms. The van der Waals surface area contributed by atoms with Gasteiger partial charge in [-0.3, -0.25) is 0 Å². The van der Waals surface area contributed by atoms with Gasteiger partial charge in [-0.05, 0) is 36.2 Å². The molecular formula is C17H17N3O. The third-order valence-corrected chi connectivity index (χ3v) is 3.41. The minimum atomic E-state index is 0.827. The lowest BCUT2D eigenvalue weighted by molar-refractivity contribution is 0.414. The first-order valence-electron chi connectivity index (χ1n) is 6.93. The molecule has 0 aliphatic heterocycles. The summed E-state index contributed by atoms with van der Waals surface area (Å²) >= 11 is 0. The number of anilines is 1. The van der Waals surface area contributed by atoms with Crippen LogP contribution in [0.25, 0.3) is 10.9 Å². The monoisotopic (exact) mass is 279 g/mol. The van der Waals surface area contributed by atoms with Crippen LogP contribution in [0.1, 0.15) is 5.56 Å². The highest BCUT2D eigenvalue weighted by Gasteiger charge is 2.02. The fourth-order valence-electron chi connectivity index (χ4n) is 2.26. The second-order valence-corrected chi connectivity index (χ2v) is 4.76. The molecular weight excluding hydrogens is 262 g/mol. The zero-order chi connectivity index (χ0) is 14.5. The molecule has 0 aliphatic carbocycles. The number of rotatable bonds is 5. The van der Waals surface area contributed by atoms with Gasteiger partial charge in [-0.15, -0.1) is 0 Å². The standard InChI is InChI=1S/C17H17N3O/c1-21-14-8-6-13(7-9-14)10-11-18-17-15-4-2-3-5-16(15)19-12-20-17/h2-9,12H,10-11H2,1H3,(H,18,19,20). The molecule has 2 aromatic carbocycles. The maximum absolute atomic E-state index is 5.16. The van der Waals surface area contributed by atoms with Crippen LogP contribution in [0, 0.1) is 0 Å². The predicted octanol–water partition coefficient (Wildman–Crippen LogP) is 3.29. The van der Waals surface area contributed by atoms with E-state index in [2.05, 4.69) is 27.4 Å². The van der Waals surface area contributed by atoms with Crippen molar-refractivity contribution in [1.82, 2.24) is 9.97 Å². The Bertz CT molecular complexity index is 720. The lowest BCUT2D eigenvalue weighted by atomic mass is 10.1. The van der Waals surface area contributed by atoms with Crippen LogP contribution in [-0.2, 0) is 6.42 Å². The Morgan fingerprint density at radius 2 is 1.81 bits per heavy atom. The number of para-hydroxylation sites is 1. The summed E-state index contributed by atoms with van der Waals surface area (Å²) < 4.78 is 5.16. The van der Waals surface area contributed by atoms with Crippen LogP contribution < -0.4 is 10.1 Å². The third-order valence-electron chi connectivity index (χ3n) is 3.41. The quantitative estimate of drug-likeness (QED) is 0.778. The Balaban J connectivity index is 1.66. The minimum Gasteiger partial charge on any atom is -0.497 e. The summed E-state index contributed by atoms with van der Waals surface area (Å²) in [5.74, 6) is 1.77. The third kappa shape index (κ3) is 3.11. The average Bonchev–Trinajstić information content (AvgIpc) is 2.56. The minimum absolute atomic E-state index is 0.827. The lowest BCUT2D eigenvalue weighted by Gasteiger charge is -2.08. The first-order valence-corrected chi connectivity index (χ1v) is 6.93. The first-order chi connectivity index (χ1) is 10.4. The summed E-state index contributed by atoms with van der Waals surface area (Å²) in [4.78, 5) is 8.59. The van der Waals surface area contributed by atoms with Crippen LogP contribution in [0.5, 0.6) is 5.75 Å². The number of hydrogen-bond donors (Lipinski definition) is 1. The summed E-state index contributed by atoms with van der Waals surface area (Å²) in [6.45, 7) is 0.827. The zero-order valence-corrected chi connectivity index (χ0v) is 11.9. The van der Waals surface area contributed by atoms with E-state index in [9.17, 15) is 0 Å². The Hall–Kier alpha value is -2.62. The Labute approximate surface area is 123 Å². The van der Waals surface area contributed by atoms with Crippen molar-refractivity contribution < 1.29 is 4.74 Å². The van der Waals surface area contributed by atoms with Crippen molar-refractivity contribution in [3.05, 3.63) is 60.4 Å². The van der Waals surface area contributed by atoms with Gasteiger partial charge < -0.3 is 10.1 Å². The molecule has 1 heterocycles. The van der Waals surface area contributed by atoms with E-state index in [4.69, 9.17) is 4.74 Å². The van der Waals surface area contributed by atoms with E-state index in [0.29, 0.717) is 0 Å². The highest BCUT2D eigenvalue weighted by Crippen LogP contribution is 2.18. The van der Waals surface area contributed by atoms with E-state index in [1.165, 1.54) is 5.56 Å². The summed E-state index contributed by atoms with van der Waals surface area (Å²) in [7, 11) is 1.68. The van der Waals surface area contributed by atoms with Gasteiger partial charge in [-0.2, -0.15) is 0 Å². The molecule has 4 nitrogen and oxygen atoms in total. The van der Waals surface area contributed by atoms with Crippen molar-refractivity contribution >= 4 is 16.7 Å². The van der Waals surface area contributed by atoms with Gasteiger partial charge in [-0.25, -0.2) is 9.97 Å². The molecule has 106 valence electrons. The van der Waals surface area contributed by atoms with Crippen LogP contribution in [0.3, 0.4) is 0 Å². The van der Waals surface area contributed by atoms with E-state index in [-0.39, 0.29) is 0 Å². The number of nitrogens with one attached hydrogen (secondary N) is 1. The molecule has 3 rings (SSSR count). The number of aromatic nitrogens is 2. The Morgan fingerprint density at radius 1 is 1.00 bits per heavy atom. The molecule has 1 N–H and O–H groups in total. The maximum Gasteiger partial charge on any atom is 0.137 e. The summed E-state index contributed by atoms with van der Waals surface area (Å²) in [6, 6.07) is 16.1. The number of fused-ring (bicyclic) bond motifs is 1. The molecule has 0 unspecified atom stereocenters. The molecule has 3 aromatic rings. The second kappa shape index (κ2) is 6.22. The topological polar surface area (TPSA) is 47.0 Å². The van der Waals surface area contributed by atoms with Crippen molar-refractivity contribution in [2.75, 3.05) is 19.0 Å². The molecule has 0 atom stereocenters. The first kappa shape index (κ1) is 13.4. The van der Waals surface area contributed by atoms with E-state index < -0.39 is 0 Å². The van der Waals surface area contributed by atoms with Gasteiger partial charge in [-0.1, -0.05) is 24.3 Å². The van der Waals surface area contributed by atoms with Crippen molar-refractivity contribution in [2.45, 2.75) is 6.42 Å². The highest BCUT2D eigenvalue weighted by atomic mass is 16.5. The van der Waals surface area contributed by atoms with Gasteiger partial charge in [0.25, 0.3) is 0 Å². The number of ether oxygens (including phenoxy) is 1. The second-order valence-electron chi connectivity index (χ2n) is 4.76. The normalized spacial score (nSPS) is 10.5. The maximum atomic E-state index is 5.16. The summed E-state index contributed by atoms with van der Waals surface area (Å²) in [5.41, 5.74) is 2.22. The molecule has 0 amide bonds. The highest BCUT2D eigenvalue weighted by molar-refractivity contribution is 5.88. The van der Waals surface area contributed by atoms with Crippen molar-refractivity contribution in [3.63, 3.8) is 0 Å². The molecule has 0 fully saturated rings. The molecule has 0 radical (unpaired) electrons. The SMILES string of the molecule is COc1ccc(CCNc2ncnc3ccccc23)cc1. The van der Waals surface area contributed by atoms with Gasteiger partial charge in [0.15, 0.2) is 0 Å². The van der Waals surface area contributed by atoms with Crippen LogP contribution in [-0.4, -0.2) is 23.6 Å². The fourth-order valence-corrected chi connectivity index (χ4v) is 2.26. The smallest absolute Gasteiger partial charge is 0.137 e. The Morgan fingerprint density at radius 3 is 2.62 bits per heavy atom. The van der Waals surface area contributed by atoms with Crippen LogP contribution >= 0.6 is 0 Å². The van der Waals surface area contributed by atoms with Gasteiger partial charge in [0.2, 0.25) is 0 Å². The Kier molecular flexibility index (Phi) is 3.96. The molecule has 0 spiro atoms. The number of hydrogen-bond acceptors (Lipinski definition) is 4. The summed E-state index contributed by atoms with van der Waals surface area (Å²) in [5, 5.41) is 4.43. The molecule has 0 saturated heterocycles. The van der Waals surface area contributed by atoms with Gasteiger partial charge in [0, 0.05) is 11.9 Å². The largest absolute Gasteiger partial charge is 0.497 e. The van der Waals surface area contributed by atoms with Crippen LogP contribution in [0.4, 0.5) is 5.82 Å². The fraction of sp³-hybridized carbons (Fsp3) is 0.176. The molecule has 4 heteroatoms. The number of methoxy groups -OCH3 is 1. The van der Waals surface area contributed by atoms with Gasteiger partial charge >= 0.3 is 0 Å². The van der Waals surface area contributed by atoms with E-state index >= 15 is 0 Å². The number of nitrogens with zero attached hydrogens (tertiary/aromatic N) is 2. The van der Waals surface area contributed by atoms with E-state index in [1.54, 1.807) is 13.4 Å². The van der Waals surface area contributed by atoms with Crippen molar-refractivity contribution in [3.8, 4) is 5.75 Å². The molecule has 21 heavy (non-hydrogen) atoms. The molecule has 0 aliphatic rings. The number of benzene rings is 2. The zero-order valence-electron chi connectivity index (χ0n) is 11.9. The molecule has 1 aromatic heterocycles. The molecule has 0 saturated carbocycles. The van der Waals surface area contributed by atoms with E-state index in [1.807, 2.05) is 36.4 Å². The van der Waals surface area contributed by atoms with Crippen LogP contribution in [0.15, 0.2) is 54.9 Å². The van der Waals surface area contributed by atoms with Crippen molar-refractivity contribution in [1.29, 1.82) is 0 Å². The average molecular weight is 279 g/mol. The lowest BCUT2D eigenvalue weighted by Crippen LogP contribution is -2.07.